The second-order valence-electron chi connectivity index (χ2n) is 21.3. The van der Waals surface area contributed by atoms with E-state index < -0.39 is 23.9 Å². The van der Waals surface area contributed by atoms with Gasteiger partial charge >= 0.3 is 23.9 Å². The summed E-state index contributed by atoms with van der Waals surface area (Å²) in [5.41, 5.74) is 23.1. The van der Waals surface area contributed by atoms with Gasteiger partial charge in [-0.25, -0.2) is 19.2 Å². The van der Waals surface area contributed by atoms with Gasteiger partial charge in [-0.15, -0.1) is 0 Å². The van der Waals surface area contributed by atoms with E-state index in [2.05, 4.69) is 124 Å². The van der Waals surface area contributed by atoms with Crippen LogP contribution in [0, 0.1) is 0 Å². The Morgan fingerprint density at radius 2 is 0.595 bits per heavy atom. The Balaban J connectivity index is 0.000000178. The Morgan fingerprint density at radius 1 is 0.316 bits per heavy atom. The number of carbonyl (C=O) groups excluding carboxylic acids is 4. The van der Waals surface area contributed by atoms with Gasteiger partial charge in [0.1, 0.15) is 34.5 Å². The quantitative estimate of drug-likeness (QED) is 0.0604. The lowest BCUT2D eigenvalue weighted by Crippen LogP contribution is -2.23. The highest BCUT2D eigenvalue weighted by Gasteiger charge is 2.32. The van der Waals surface area contributed by atoms with Crippen LogP contribution in [0.25, 0.3) is 0 Å². The van der Waals surface area contributed by atoms with Crippen LogP contribution < -0.4 is 25.7 Å². The van der Waals surface area contributed by atoms with E-state index in [0.717, 1.165) is 40.4 Å². The van der Waals surface area contributed by atoms with E-state index in [-0.39, 0.29) is 38.5 Å². The molecule has 9 aromatic carbocycles. The Morgan fingerprint density at radius 3 is 0.975 bits per heavy atom. The van der Waals surface area contributed by atoms with Crippen LogP contribution in [0.15, 0.2) is 206 Å². The van der Waals surface area contributed by atoms with E-state index in [4.69, 9.17) is 25.7 Å². The second-order valence-corrected chi connectivity index (χ2v) is 21.3. The zero-order valence-electron chi connectivity index (χ0n) is 44.7. The molecule has 2 heterocycles. The number of ether oxygens (including phenoxy) is 5. The molecule has 0 aromatic heterocycles. The summed E-state index contributed by atoms with van der Waals surface area (Å²) in [6.45, 7) is 13.4. The molecular weight excluding hydrogens is 989 g/mol. The number of nitrogen functional groups attached to an aromatic ring is 2. The first-order valence-electron chi connectivity index (χ1n) is 25.9. The van der Waals surface area contributed by atoms with E-state index in [9.17, 15) is 19.2 Å². The number of anilines is 2. The number of rotatable bonds is 14. The van der Waals surface area contributed by atoms with Crippen molar-refractivity contribution in [3.8, 4) is 34.5 Å². The van der Waals surface area contributed by atoms with Gasteiger partial charge in [-0.1, -0.05) is 139 Å². The average molecular weight is 1050 g/mol. The van der Waals surface area contributed by atoms with Gasteiger partial charge in [-0.3, -0.25) is 0 Å². The van der Waals surface area contributed by atoms with Crippen LogP contribution in [0.2, 0.25) is 0 Å². The molecule has 2 aliphatic heterocycles. The van der Waals surface area contributed by atoms with Crippen LogP contribution in [0.5, 0.6) is 34.5 Å². The number of cyclic esters (lactones) is 4. The first kappa shape index (κ1) is 52.7. The van der Waals surface area contributed by atoms with Crippen molar-refractivity contribution in [3.05, 3.63) is 273 Å². The lowest BCUT2D eigenvalue weighted by Gasteiger charge is -2.31. The van der Waals surface area contributed by atoms with Gasteiger partial charge in [0.25, 0.3) is 0 Å². The molecule has 11 heteroatoms. The molecule has 2 aliphatic rings. The molecule has 79 heavy (non-hydrogen) atoms. The van der Waals surface area contributed by atoms with Crippen LogP contribution in [0.1, 0.15) is 127 Å². The molecule has 0 saturated heterocycles. The molecule has 394 valence electrons. The normalized spacial score (nSPS) is 12.9. The number of hydrogen-bond donors (Lipinski definition) is 2. The van der Waals surface area contributed by atoms with Crippen LogP contribution >= 0.6 is 0 Å². The molecule has 9 aromatic rings. The minimum absolute atomic E-state index is 0.136. The molecule has 0 bridgehead atoms. The zero-order valence-corrected chi connectivity index (χ0v) is 44.7. The Kier molecular flexibility index (Phi) is 14.2. The van der Waals surface area contributed by atoms with Crippen molar-refractivity contribution in [1.29, 1.82) is 0 Å². The fourth-order valence-electron chi connectivity index (χ4n) is 9.73. The summed E-state index contributed by atoms with van der Waals surface area (Å²) in [5.74, 6) is 0.926. The number of nitrogens with two attached hydrogens (primary N) is 2. The van der Waals surface area contributed by atoms with Gasteiger partial charge in [0.2, 0.25) is 0 Å². The molecule has 0 unspecified atom stereocenters. The van der Waals surface area contributed by atoms with E-state index in [1.165, 1.54) is 57.6 Å². The molecule has 0 fully saturated rings. The van der Waals surface area contributed by atoms with E-state index >= 15 is 0 Å². The maximum absolute atomic E-state index is 11.8. The number of benzene rings is 9. The first-order valence-corrected chi connectivity index (χ1v) is 25.9. The molecular formula is C68H58N2O9. The number of carbonyl (C=O) groups is 4. The zero-order chi connectivity index (χ0) is 55.6. The van der Waals surface area contributed by atoms with Gasteiger partial charge in [0.15, 0.2) is 0 Å². The molecule has 4 N–H and O–H groups in total. The van der Waals surface area contributed by atoms with Crippen LogP contribution in [-0.4, -0.2) is 23.9 Å². The molecule has 0 atom stereocenters. The molecule has 0 radical (unpaired) electrons. The number of fused-ring (bicyclic) bond motifs is 2. The molecule has 0 spiro atoms. The van der Waals surface area contributed by atoms with E-state index in [0.29, 0.717) is 23.0 Å². The standard InChI is InChI=1S/C37H38N2O.C31H20O8/c1-36(2,28-12-8-26(9-13-28)24-27-10-16-32(38)17-11-27)30-6-5-7-31(25-30)37(3,4)29-14-20-34(21-15-29)40-35-22-18-33(39)19-23-35;1-31(2,17-3-7-19(8-4-17)36-21-11-13-23-25(15-21)29(34)38-27(23)32)18-5-9-20(10-6-18)37-22-12-14-24-26(16-22)30(35)39-28(24)33/h5-23,25H,24,38-39H2,1-4H3;3-16H,1-2H3. The molecule has 0 amide bonds. The van der Waals surface area contributed by atoms with Crippen molar-refractivity contribution in [2.45, 2.75) is 64.2 Å². The Hall–Kier alpha value is -9.74. The smallest absolute Gasteiger partial charge is 0.347 e. The summed E-state index contributed by atoms with van der Waals surface area (Å²) in [6, 6.07) is 66.5. The summed E-state index contributed by atoms with van der Waals surface area (Å²) in [7, 11) is 0. The van der Waals surface area contributed by atoms with Crippen molar-refractivity contribution in [2.24, 2.45) is 0 Å². The Bertz CT molecular complexity index is 3510. The number of hydrogen-bond acceptors (Lipinski definition) is 11. The largest absolute Gasteiger partial charge is 0.457 e. The third-order valence-electron chi connectivity index (χ3n) is 14.9. The van der Waals surface area contributed by atoms with Gasteiger partial charge in [0, 0.05) is 27.6 Å². The van der Waals surface area contributed by atoms with E-state index in [1.54, 1.807) is 12.1 Å². The van der Waals surface area contributed by atoms with Crippen molar-refractivity contribution >= 4 is 35.3 Å². The monoisotopic (exact) mass is 1050 g/mol. The maximum Gasteiger partial charge on any atom is 0.347 e. The van der Waals surface area contributed by atoms with Gasteiger partial charge in [-0.2, -0.15) is 0 Å². The van der Waals surface area contributed by atoms with Crippen molar-refractivity contribution in [3.63, 3.8) is 0 Å². The fraction of sp³-hybridized carbons (Fsp3) is 0.147. The topological polar surface area (TPSA) is 166 Å². The summed E-state index contributed by atoms with van der Waals surface area (Å²) in [4.78, 5) is 46.9. The molecule has 11 nitrogen and oxygen atoms in total. The highest BCUT2D eigenvalue weighted by molar-refractivity contribution is 6.15. The second kappa shape index (κ2) is 21.4. The van der Waals surface area contributed by atoms with Gasteiger partial charge in [0.05, 0.1) is 22.3 Å². The summed E-state index contributed by atoms with van der Waals surface area (Å²) < 4.78 is 27.0. The van der Waals surface area contributed by atoms with Crippen LogP contribution in [0.3, 0.4) is 0 Å². The van der Waals surface area contributed by atoms with Crippen molar-refractivity contribution < 1.29 is 42.9 Å². The summed E-state index contributed by atoms with van der Waals surface area (Å²) in [6.07, 6.45) is 0.897. The van der Waals surface area contributed by atoms with Crippen molar-refractivity contribution in [2.75, 3.05) is 11.5 Å². The maximum atomic E-state index is 11.8. The summed E-state index contributed by atoms with van der Waals surface area (Å²) in [5, 5.41) is 0. The van der Waals surface area contributed by atoms with Crippen molar-refractivity contribution in [1.82, 2.24) is 0 Å². The highest BCUT2D eigenvalue weighted by atomic mass is 16.6. The first-order chi connectivity index (χ1) is 37.8. The average Bonchev–Trinajstić information content (AvgIpc) is 3.95. The third-order valence-corrected chi connectivity index (χ3v) is 14.9. The number of esters is 4. The lowest BCUT2D eigenvalue weighted by atomic mass is 9.73. The van der Waals surface area contributed by atoms with Gasteiger partial charge in [-0.05, 0) is 160 Å². The SMILES string of the molecule is CC(C)(c1ccc(Cc2ccc(N)cc2)cc1)c1cccc(C(C)(C)c2ccc(Oc3ccc(N)cc3)cc2)c1.CC(C)(c1ccc(Oc2ccc3c(c2)C(=O)OC3=O)cc1)c1ccc(Oc2ccc3c(c2)C(=O)OC3=O)cc1. The van der Waals surface area contributed by atoms with Gasteiger partial charge < -0.3 is 35.2 Å². The minimum atomic E-state index is -0.678. The molecule has 0 saturated carbocycles. The highest BCUT2D eigenvalue weighted by Crippen LogP contribution is 2.39. The van der Waals surface area contributed by atoms with E-state index in [1.807, 2.05) is 97.1 Å². The molecule has 11 rings (SSSR count). The Labute approximate surface area is 459 Å². The summed E-state index contributed by atoms with van der Waals surface area (Å²) >= 11 is 0. The molecule has 0 aliphatic carbocycles. The van der Waals surface area contributed by atoms with Crippen LogP contribution in [-0.2, 0) is 32.1 Å². The predicted octanol–water partition coefficient (Wildman–Crippen LogP) is 15.1. The fourth-order valence-corrected chi connectivity index (χ4v) is 9.73. The van der Waals surface area contributed by atoms with Crippen LogP contribution in [0.4, 0.5) is 11.4 Å². The lowest BCUT2D eigenvalue weighted by molar-refractivity contribution is 0.0425. The minimum Gasteiger partial charge on any atom is -0.457 e. The third kappa shape index (κ3) is 11.4. The predicted molar refractivity (Wildman–Crippen MR) is 306 cm³/mol.